The zero-order valence-electron chi connectivity index (χ0n) is 5.59. The molecule has 3 N–H and O–H groups in total. The van der Waals surface area contributed by atoms with Crippen LogP contribution in [0.2, 0.25) is 0 Å². The lowest BCUT2D eigenvalue weighted by molar-refractivity contribution is -0.118. The van der Waals surface area contributed by atoms with Crippen molar-refractivity contribution in [1.82, 2.24) is 5.43 Å². The second kappa shape index (κ2) is 4.32. The maximum Gasteiger partial charge on any atom is 0.236 e. The van der Waals surface area contributed by atoms with E-state index in [0.29, 0.717) is 0 Å². The summed E-state index contributed by atoms with van der Waals surface area (Å²) in [4.78, 5) is 10.2. The summed E-state index contributed by atoms with van der Waals surface area (Å²) >= 11 is 0. The summed E-state index contributed by atoms with van der Waals surface area (Å²) in [6.07, 6.45) is 0.0281. The maximum atomic E-state index is 10.2. The van der Waals surface area contributed by atoms with Gasteiger partial charge in [0.25, 0.3) is 0 Å². The van der Waals surface area contributed by atoms with Crippen molar-refractivity contribution in [3.63, 3.8) is 0 Å². The van der Waals surface area contributed by atoms with Gasteiger partial charge in [0.15, 0.2) is 0 Å². The van der Waals surface area contributed by atoms with Crippen LogP contribution in [0.1, 0.15) is 13.3 Å². The molecule has 0 aromatic rings. The van der Waals surface area contributed by atoms with Crippen LogP contribution in [0.5, 0.6) is 0 Å². The third kappa shape index (κ3) is 4.59. The molecule has 0 aromatic heterocycles. The van der Waals surface area contributed by atoms with Gasteiger partial charge in [-0.3, -0.25) is 4.79 Å². The molecule has 54 valence electrons. The number of nitriles is 1. The van der Waals surface area contributed by atoms with E-state index in [1.165, 1.54) is 6.92 Å². The normalized spacial score (nSPS) is 10.2. The number of nitrogens with zero attached hydrogens (tertiary/aromatic N) is 2. The van der Waals surface area contributed by atoms with Crippen molar-refractivity contribution >= 4 is 11.7 Å². The van der Waals surface area contributed by atoms with Gasteiger partial charge in [-0.05, 0) is 0 Å². The van der Waals surface area contributed by atoms with Crippen LogP contribution < -0.4 is 11.2 Å². The number of amides is 1. The quantitative estimate of drug-likeness (QED) is 0.302. The van der Waals surface area contributed by atoms with E-state index in [2.05, 4.69) is 10.5 Å². The smallest absolute Gasteiger partial charge is 0.236 e. The maximum absolute atomic E-state index is 10.2. The Labute approximate surface area is 58.5 Å². The summed E-state index contributed by atoms with van der Waals surface area (Å²) in [5, 5.41) is 11.5. The van der Waals surface area contributed by atoms with Gasteiger partial charge < -0.3 is 5.73 Å². The minimum Gasteiger partial charge on any atom is -0.385 e. The molecule has 0 spiro atoms. The molecule has 0 aliphatic carbocycles. The van der Waals surface area contributed by atoms with Gasteiger partial charge in [0.05, 0.1) is 12.5 Å². The first kappa shape index (κ1) is 8.43. The van der Waals surface area contributed by atoms with E-state index in [4.69, 9.17) is 11.0 Å². The number of nitrogens with one attached hydrogen (secondary N) is 1. The average Bonchev–Trinajstić information content (AvgIpc) is 1.85. The topological polar surface area (TPSA) is 91.3 Å². The highest BCUT2D eigenvalue weighted by Crippen LogP contribution is 1.73. The van der Waals surface area contributed by atoms with Crippen LogP contribution in [0.3, 0.4) is 0 Å². The van der Waals surface area contributed by atoms with Crippen LogP contribution in [0.15, 0.2) is 5.10 Å². The highest BCUT2D eigenvalue weighted by Gasteiger charge is 1.89. The first-order chi connectivity index (χ1) is 4.66. The second-order valence-electron chi connectivity index (χ2n) is 1.61. The van der Waals surface area contributed by atoms with E-state index in [1.54, 1.807) is 6.07 Å². The van der Waals surface area contributed by atoms with Crippen molar-refractivity contribution < 1.29 is 4.79 Å². The van der Waals surface area contributed by atoms with Crippen LogP contribution in [0.25, 0.3) is 0 Å². The standard InChI is InChI=1S/C5H8N4O/c1-4(10)8-9-5(7)2-3-6/h2H2,1H3,(H2,7,9)(H,8,10). The Balaban J connectivity index is 3.71. The predicted octanol–water partition coefficient (Wildman–Crippen LogP) is -0.692. The van der Waals surface area contributed by atoms with Gasteiger partial charge in [0.2, 0.25) is 5.91 Å². The molecule has 5 nitrogen and oxygen atoms in total. The van der Waals surface area contributed by atoms with Crippen LogP contribution in [0, 0.1) is 11.3 Å². The van der Waals surface area contributed by atoms with Gasteiger partial charge in [0, 0.05) is 6.92 Å². The second-order valence-corrected chi connectivity index (χ2v) is 1.61. The largest absolute Gasteiger partial charge is 0.385 e. The first-order valence-corrected chi connectivity index (χ1v) is 2.62. The molecule has 0 unspecified atom stereocenters. The van der Waals surface area contributed by atoms with E-state index >= 15 is 0 Å². The van der Waals surface area contributed by atoms with Crippen molar-refractivity contribution in [1.29, 1.82) is 5.26 Å². The Kier molecular flexibility index (Phi) is 3.64. The minimum atomic E-state index is -0.305. The molecule has 0 bridgehead atoms. The molecular formula is C5H8N4O. The average molecular weight is 140 g/mol. The molecule has 0 aromatic carbocycles. The van der Waals surface area contributed by atoms with Crippen LogP contribution in [0.4, 0.5) is 0 Å². The molecule has 0 heterocycles. The van der Waals surface area contributed by atoms with Gasteiger partial charge in [0.1, 0.15) is 5.84 Å². The number of carbonyl (C=O) groups is 1. The Hall–Kier alpha value is -1.57. The molecule has 0 saturated heterocycles. The molecule has 0 aliphatic rings. The summed E-state index contributed by atoms with van der Waals surface area (Å²) in [6, 6.07) is 1.78. The van der Waals surface area contributed by atoms with E-state index < -0.39 is 0 Å². The molecule has 10 heavy (non-hydrogen) atoms. The first-order valence-electron chi connectivity index (χ1n) is 2.62. The fourth-order valence-corrected chi connectivity index (χ4v) is 0.271. The van der Waals surface area contributed by atoms with E-state index in [-0.39, 0.29) is 18.2 Å². The third-order valence-corrected chi connectivity index (χ3v) is 0.617. The fraction of sp³-hybridized carbons (Fsp3) is 0.400. The number of carbonyl (C=O) groups excluding carboxylic acids is 1. The Bertz CT molecular complexity index is 190. The Morgan fingerprint density at radius 1 is 1.90 bits per heavy atom. The monoisotopic (exact) mass is 140 g/mol. The van der Waals surface area contributed by atoms with Crippen molar-refractivity contribution in [2.45, 2.75) is 13.3 Å². The summed E-state index contributed by atoms with van der Waals surface area (Å²) in [5.41, 5.74) is 7.25. The SMILES string of the molecule is CC(=O)N/N=C(/N)CC#N. The van der Waals surface area contributed by atoms with Crippen LogP contribution in [-0.2, 0) is 4.79 Å². The lowest BCUT2D eigenvalue weighted by Gasteiger charge is -1.92. The molecule has 0 fully saturated rings. The Morgan fingerprint density at radius 2 is 2.50 bits per heavy atom. The fourth-order valence-electron chi connectivity index (χ4n) is 0.271. The number of hydrogen-bond acceptors (Lipinski definition) is 3. The molecule has 0 atom stereocenters. The van der Waals surface area contributed by atoms with Gasteiger partial charge in [-0.15, -0.1) is 0 Å². The Morgan fingerprint density at radius 3 is 2.90 bits per heavy atom. The number of amidine groups is 1. The van der Waals surface area contributed by atoms with Crippen molar-refractivity contribution in [3.8, 4) is 6.07 Å². The third-order valence-electron chi connectivity index (χ3n) is 0.617. The molecule has 0 saturated carbocycles. The van der Waals surface area contributed by atoms with Gasteiger partial charge in [-0.1, -0.05) is 0 Å². The summed E-state index contributed by atoms with van der Waals surface area (Å²) in [5.74, 6) is -0.196. The number of hydrogen-bond donors (Lipinski definition) is 2. The highest BCUT2D eigenvalue weighted by atomic mass is 16.2. The summed E-state index contributed by atoms with van der Waals surface area (Å²) < 4.78 is 0. The summed E-state index contributed by atoms with van der Waals surface area (Å²) in [7, 11) is 0. The van der Waals surface area contributed by atoms with Crippen molar-refractivity contribution in [2.75, 3.05) is 0 Å². The van der Waals surface area contributed by atoms with Gasteiger partial charge in [-0.25, -0.2) is 5.43 Å². The van der Waals surface area contributed by atoms with Crippen molar-refractivity contribution in [2.24, 2.45) is 10.8 Å². The molecular weight excluding hydrogens is 132 g/mol. The zero-order chi connectivity index (χ0) is 7.98. The van der Waals surface area contributed by atoms with Gasteiger partial charge >= 0.3 is 0 Å². The summed E-state index contributed by atoms with van der Waals surface area (Å²) in [6.45, 7) is 1.31. The highest BCUT2D eigenvalue weighted by molar-refractivity contribution is 5.83. The minimum absolute atomic E-state index is 0.0281. The lowest BCUT2D eigenvalue weighted by Crippen LogP contribution is -2.20. The molecule has 1 amide bonds. The van der Waals surface area contributed by atoms with Crippen LogP contribution in [-0.4, -0.2) is 11.7 Å². The zero-order valence-corrected chi connectivity index (χ0v) is 5.59. The predicted molar refractivity (Wildman–Crippen MR) is 35.7 cm³/mol. The molecule has 0 aliphatic heterocycles. The molecule has 0 radical (unpaired) electrons. The van der Waals surface area contributed by atoms with Crippen molar-refractivity contribution in [3.05, 3.63) is 0 Å². The van der Waals surface area contributed by atoms with Crippen LogP contribution >= 0.6 is 0 Å². The van der Waals surface area contributed by atoms with Gasteiger partial charge in [-0.2, -0.15) is 10.4 Å². The lowest BCUT2D eigenvalue weighted by atomic mass is 10.4. The number of nitrogens with two attached hydrogens (primary N) is 1. The molecule has 0 rings (SSSR count). The number of hydrazone groups is 1. The van der Waals surface area contributed by atoms with E-state index in [9.17, 15) is 4.79 Å². The number of rotatable bonds is 2. The van der Waals surface area contributed by atoms with E-state index in [0.717, 1.165) is 0 Å². The van der Waals surface area contributed by atoms with E-state index in [1.807, 2.05) is 0 Å². The molecule has 5 heteroatoms.